The quantitative estimate of drug-likeness (QED) is 0.450. The normalized spacial score (nSPS) is 13.9. The highest BCUT2D eigenvalue weighted by Gasteiger charge is 2.18. The molecule has 4 N–H and O–H groups in total. The number of hydrogen-bond donors (Lipinski definition) is 2. The molecule has 0 fully saturated rings. The monoisotopic (exact) mass is 394 g/mol. The second-order valence-electron chi connectivity index (χ2n) is 9.47. The molecule has 0 aromatic heterocycles. The summed E-state index contributed by atoms with van der Waals surface area (Å²) in [7, 11) is 0. The Hall–Kier alpha value is -1.96. The topological polar surface area (TPSA) is 52.0 Å². The molecule has 160 valence electrons. The largest absolute Gasteiger partial charge is 0.398 e. The molecule has 0 aliphatic carbocycles. The average molecular weight is 395 g/mol. The summed E-state index contributed by atoms with van der Waals surface area (Å²) in [5.41, 5.74) is 23.0. The van der Waals surface area contributed by atoms with Crippen LogP contribution in [-0.4, -0.2) is 0 Å². The summed E-state index contributed by atoms with van der Waals surface area (Å²) >= 11 is 0. The molecular weight excluding hydrogens is 352 g/mol. The summed E-state index contributed by atoms with van der Waals surface area (Å²) < 4.78 is 0. The van der Waals surface area contributed by atoms with Crippen LogP contribution < -0.4 is 11.5 Å². The van der Waals surface area contributed by atoms with E-state index in [1.54, 1.807) is 0 Å². The molecule has 0 amide bonds. The number of hydrogen-bond acceptors (Lipinski definition) is 2. The molecule has 29 heavy (non-hydrogen) atoms. The molecule has 2 nitrogen and oxygen atoms in total. The van der Waals surface area contributed by atoms with Gasteiger partial charge in [0.25, 0.3) is 0 Å². The zero-order chi connectivity index (χ0) is 21.9. The molecule has 0 radical (unpaired) electrons. The van der Waals surface area contributed by atoms with Crippen molar-refractivity contribution in [1.82, 2.24) is 0 Å². The van der Waals surface area contributed by atoms with Crippen LogP contribution in [0.5, 0.6) is 0 Å². The Morgan fingerprint density at radius 1 is 0.621 bits per heavy atom. The third-order valence-corrected chi connectivity index (χ3v) is 6.63. The van der Waals surface area contributed by atoms with Gasteiger partial charge in [0.15, 0.2) is 0 Å². The molecule has 0 saturated carbocycles. The van der Waals surface area contributed by atoms with Crippen LogP contribution in [0.4, 0.5) is 11.4 Å². The number of nitrogen functional groups attached to an aromatic ring is 2. The minimum Gasteiger partial charge on any atom is -0.398 e. The van der Waals surface area contributed by atoms with Gasteiger partial charge in [-0.05, 0) is 69.9 Å². The molecule has 0 aliphatic rings. The van der Waals surface area contributed by atoms with Gasteiger partial charge in [-0.15, -0.1) is 0 Å². The van der Waals surface area contributed by atoms with E-state index in [2.05, 4.69) is 79.7 Å². The molecule has 0 saturated heterocycles. The minimum absolute atomic E-state index is 0.409. The first-order valence-electron chi connectivity index (χ1n) is 11.4. The van der Waals surface area contributed by atoms with Crippen molar-refractivity contribution in [1.29, 1.82) is 0 Å². The molecule has 2 aromatic carbocycles. The first-order valence-corrected chi connectivity index (χ1v) is 11.4. The zero-order valence-electron chi connectivity index (χ0n) is 19.9. The maximum Gasteiger partial charge on any atom is 0.0385 e. The highest BCUT2D eigenvalue weighted by atomic mass is 14.6. The lowest BCUT2D eigenvalue weighted by Gasteiger charge is -2.22. The van der Waals surface area contributed by atoms with E-state index in [-0.39, 0.29) is 0 Å². The number of anilines is 2. The van der Waals surface area contributed by atoms with Gasteiger partial charge in [0.05, 0.1) is 0 Å². The molecule has 2 rings (SSSR count). The number of nitrogens with two attached hydrogens (primary N) is 2. The maximum atomic E-state index is 6.72. The van der Waals surface area contributed by atoms with Gasteiger partial charge in [-0.25, -0.2) is 0 Å². The van der Waals surface area contributed by atoms with Gasteiger partial charge in [-0.3, -0.25) is 0 Å². The summed E-state index contributed by atoms with van der Waals surface area (Å²) in [6, 6.07) is 9.25. The summed E-state index contributed by atoms with van der Waals surface area (Å²) in [5, 5.41) is 0. The van der Waals surface area contributed by atoms with Crippen LogP contribution >= 0.6 is 0 Å². The van der Waals surface area contributed by atoms with Crippen LogP contribution in [0.15, 0.2) is 24.3 Å². The lowest BCUT2D eigenvalue weighted by molar-refractivity contribution is 0.711. The average Bonchev–Trinajstić information content (AvgIpc) is 2.69. The van der Waals surface area contributed by atoms with Crippen molar-refractivity contribution in [3.63, 3.8) is 0 Å². The highest BCUT2D eigenvalue weighted by Crippen LogP contribution is 2.36. The molecule has 2 unspecified atom stereocenters. The van der Waals surface area contributed by atoms with Gasteiger partial charge in [0.1, 0.15) is 0 Å². The lowest BCUT2D eigenvalue weighted by Crippen LogP contribution is -2.09. The number of benzene rings is 2. The minimum atomic E-state index is 0.409. The van der Waals surface area contributed by atoms with E-state index in [1.807, 2.05) is 0 Å². The second kappa shape index (κ2) is 9.69. The van der Waals surface area contributed by atoms with E-state index in [0.717, 1.165) is 30.6 Å². The van der Waals surface area contributed by atoms with Crippen LogP contribution in [0.1, 0.15) is 125 Å². The molecule has 2 atom stereocenters. The fraction of sp³-hybridized carbons (Fsp3) is 0.556. The van der Waals surface area contributed by atoms with E-state index in [0.29, 0.717) is 23.7 Å². The molecule has 0 aliphatic heterocycles. The first kappa shape index (κ1) is 23.3. The Bertz CT molecular complexity index is 833. The fourth-order valence-electron chi connectivity index (χ4n) is 3.98. The van der Waals surface area contributed by atoms with Gasteiger partial charge in [0, 0.05) is 17.8 Å². The van der Waals surface area contributed by atoms with Gasteiger partial charge >= 0.3 is 0 Å². The number of rotatable bonds is 8. The van der Waals surface area contributed by atoms with Crippen molar-refractivity contribution in [3.05, 3.63) is 57.6 Å². The Morgan fingerprint density at radius 3 is 1.59 bits per heavy atom. The highest BCUT2D eigenvalue weighted by molar-refractivity contribution is 5.63. The van der Waals surface area contributed by atoms with Crippen molar-refractivity contribution < 1.29 is 0 Å². The smallest absolute Gasteiger partial charge is 0.0385 e. The van der Waals surface area contributed by atoms with Crippen molar-refractivity contribution in [3.8, 4) is 0 Å². The molecule has 0 bridgehead atoms. The summed E-state index contributed by atoms with van der Waals surface area (Å²) in [6.45, 7) is 18.0. The first-order chi connectivity index (χ1) is 13.6. The predicted octanol–water partition coefficient (Wildman–Crippen LogP) is 7.72. The van der Waals surface area contributed by atoms with Crippen molar-refractivity contribution in [2.75, 3.05) is 11.5 Å². The lowest BCUT2D eigenvalue weighted by atomic mass is 9.85. The van der Waals surface area contributed by atoms with Crippen molar-refractivity contribution >= 4 is 11.4 Å². The van der Waals surface area contributed by atoms with E-state index in [1.165, 1.54) is 33.4 Å². The SMILES string of the molecule is CCC(C)c1cc(Cc2cc(C(C)C)cc(C(C)C)c2N)c(N)c(C(C)CC)c1. The van der Waals surface area contributed by atoms with Gasteiger partial charge in [0.2, 0.25) is 0 Å². The maximum absolute atomic E-state index is 6.72. The van der Waals surface area contributed by atoms with E-state index in [9.17, 15) is 0 Å². The molecule has 2 heteroatoms. The Kier molecular flexibility index (Phi) is 7.80. The summed E-state index contributed by atoms with van der Waals surface area (Å²) in [6.07, 6.45) is 3.02. The van der Waals surface area contributed by atoms with Crippen LogP contribution in [-0.2, 0) is 6.42 Å². The van der Waals surface area contributed by atoms with E-state index < -0.39 is 0 Å². The van der Waals surface area contributed by atoms with Gasteiger partial charge in [-0.1, -0.05) is 79.7 Å². The Labute approximate surface area is 179 Å². The molecule has 0 heterocycles. The summed E-state index contributed by atoms with van der Waals surface area (Å²) in [5.74, 6) is 1.88. The van der Waals surface area contributed by atoms with Crippen molar-refractivity contribution in [2.24, 2.45) is 0 Å². The van der Waals surface area contributed by atoms with Crippen LogP contribution in [0.3, 0.4) is 0 Å². The Morgan fingerprint density at radius 2 is 1.10 bits per heavy atom. The van der Waals surface area contributed by atoms with Crippen LogP contribution in [0, 0.1) is 0 Å². The third kappa shape index (κ3) is 5.15. The van der Waals surface area contributed by atoms with Gasteiger partial charge < -0.3 is 11.5 Å². The van der Waals surface area contributed by atoms with Crippen molar-refractivity contribution in [2.45, 2.75) is 98.3 Å². The predicted molar refractivity (Wildman–Crippen MR) is 130 cm³/mol. The molecule has 2 aromatic rings. The summed E-state index contributed by atoms with van der Waals surface area (Å²) in [4.78, 5) is 0. The molecule has 0 spiro atoms. The third-order valence-electron chi connectivity index (χ3n) is 6.63. The zero-order valence-corrected chi connectivity index (χ0v) is 19.9. The fourth-order valence-corrected chi connectivity index (χ4v) is 3.98. The van der Waals surface area contributed by atoms with E-state index in [4.69, 9.17) is 11.5 Å². The molecular formula is C27H42N2. The van der Waals surface area contributed by atoms with Crippen LogP contribution in [0.2, 0.25) is 0 Å². The van der Waals surface area contributed by atoms with Crippen LogP contribution in [0.25, 0.3) is 0 Å². The standard InChI is InChI=1S/C27H42N2/c1-9-18(7)21-12-23(27(29)25(15-21)19(8)10-2)13-22-11-20(16(3)4)14-24(17(5)6)26(22)28/h11-12,14-19H,9-10,13,28-29H2,1-8H3. The second-order valence-corrected chi connectivity index (χ2v) is 9.47. The van der Waals surface area contributed by atoms with Gasteiger partial charge in [-0.2, -0.15) is 0 Å². The Balaban J connectivity index is 2.64. The van der Waals surface area contributed by atoms with E-state index >= 15 is 0 Å².